The lowest BCUT2D eigenvalue weighted by Crippen LogP contribution is -2.33. The normalized spacial score (nSPS) is 16.8. The molecule has 0 bridgehead atoms. The molecule has 0 radical (unpaired) electrons. The van der Waals surface area contributed by atoms with E-state index in [1.54, 1.807) is 29.4 Å². The molecule has 1 aliphatic heterocycles. The number of nitrogens with zero attached hydrogens (tertiary/aromatic N) is 2. The molecule has 0 aliphatic carbocycles. The second-order valence-electron chi connectivity index (χ2n) is 5.09. The summed E-state index contributed by atoms with van der Waals surface area (Å²) in [5.74, 6) is -0.451. The predicted molar refractivity (Wildman–Crippen MR) is 84.5 cm³/mol. The van der Waals surface area contributed by atoms with Crippen LogP contribution in [0.15, 0.2) is 65.8 Å². The Hall–Kier alpha value is -2.75. The topological polar surface area (TPSA) is 32.7 Å². The van der Waals surface area contributed by atoms with Crippen LogP contribution in [-0.4, -0.2) is 17.0 Å². The van der Waals surface area contributed by atoms with E-state index in [-0.39, 0.29) is 17.6 Å². The monoisotopic (exact) mass is 294 g/mol. The van der Waals surface area contributed by atoms with Gasteiger partial charge in [0.25, 0.3) is 0 Å². The highest BCUT2D eigenvalue weighted by Crippen LogP contribution is 2.32. The Bertz CT molecular complexity index is 753. The number of halogens is 1. The van der Waals surface area contributed by atoms with Crippen LogP contribution in [0.5, 0.6) is 0 Å². The molecule has 110 valence electrons. The van der Waals surface area contributed by atoms with E-state index in [4.69, 9.17) is 0 Å². The fourth-order valence-corrected chi connectivity index (χ4v) is 2.33. The molecule has 0 fully saturated rings. The summed E-state index contributed by atoms with van der Waals surface area (Å²) in [6.07, 6.45) is 5.19. The third-order valence-electron chi connectivity index (χ3n) is 3.56. The van der Waals surface area contributed by atoms with Crippen LogP contribution in [0.1, 0.15) is 24.1 Å². The third kappa shape index (κ3) is 2.81. The SMILES string of the molecule is CC(=O)N1C=CC1c1ccc(/N=C/c2ccccc2)c(F)c1. The zero-order valence-corrected chi connectivity index (χ0v) is 12.1. The Morgan fingerprint density at radius 1 is 1.23 bits per heavy atom. The highest BCUT2D eigenvalue weighted by atomic mass is 19.1. The summed E-state index contributed by atoms with van der Waals surface area (Å²) in [5.41, 5.74) is 1.94. The largest absolute Gasteiger partial charge is 0.308 e. The number of benzene rings is 2. The maximum absolute atomic E-state index is 14.2. The fourth-order valence-electron chi connectivity index (χ4n) is 2.33. The van der Waals surface area contributed by atoms with E-state index in [0.717, 1.165) is 11.1 Å². The molecule has 1 amide bonds. The first-order chi connectivity index (χ1) is 10.6. The van der Waals surface area contributed by atoms with Gasteiger partial charge >= 0.3 is 0 Å². The van der Waals surface area contributed by atoms with E-state index in [1.165, 1.54) is 13.0 Å². The van der Waals surface area contributed by atoms with Gasteiger partial charge in [-0.25, -0.2) is 4.39 Å². The number of carbonyl (C=O) groups is 1. The van der Waals surface area contributed by atoms with Crippen molar-refractivity contribution >= 4 is 17.8 Å². The maximum Gasteiger partial charge on any atom is 0.224 e. The molecule has 4 heteroatoms. The van der Waals surface area contributed by atoms with Gasteiger partial charge in [0.1, 0.15) is 5.82 Å². The van der Waals surface area contributed by atoms with Gasteiger partial charge in [0, 0.05) is 19.3 Å². The molecule has 2 aromatic rings. The molecular formula is C18H15FN2O. The Kier molecular flexibility index (Phi) is 3.83. The zero-order valence-electron chi connectivity index (χ0n) is 12.1. The van der Waals surface area contributed by atoms with Gasteiger partial charge in [-0.15, -0.1) is 0 Å². The molecule has 0 saturated heterocycles. The molecule has 0 N–H and O–H groups in total. The Labute approximate surface area is 128 Å². The van der Waals surface area contributed by atoms with Crippen LogP contribution in [0.3, 0.4) is 0 Å². The lowest BCUT2D eigenvalue weighted by atomic mass is 10.0. The molecule has 3 rings (SSSR count). The summed E-state index contributed by atoms with van der Waals surface area (Å²) >= 11 is 0. The van der Waals surface area contributed by atoms with Gasteiger partial charge in [-0.3, -0.25) is 9.79 Å². The molecule has 2 aromatic carbocycles. The summed E-state index contributed by atoms with van der Waals surface area (Å²) in [6, 6.07) is 14.2. The number of hydrogen-bond acceptors (Lipinski definition) is 2. The van der Waals surface area contributed by atoms with Crippen LogP contribution in [0.4, 0.5) is 10.1 Å². The highest BCUT2D eigenvalue weighted by Gasteiger charge is 2.25. The zero-order chi connectivity index (χ0) is 15.5. The van der Waals surface area contributed by atoms with Crippen molar-refractivity contribution in [2.45, 2.75) is 13.0 Å². The van der Waals surface area contributed by atoms with Gasteiger partial charge < -0.3 is 4.90 Å². The number of amides is 1. The minimum absolute atomic E-state index is 0.0564. The van der Waals surface area contributed by atoms with E-state index < -0.39 is 5.82 Å². The lowest BCUT2D eigenvalue weighted by molar-refractivity contribution is -0.128. The van der Waals surface area contributed by atoms with Gasteiger partial charge in [0.2, 0.25) is 5.91 Å². The predicted octanol–water partition coefficient (Wildman–Crippen LogP) is 3.99. The first kappa shape index (κ1) is 14.2. The second kappa shape index (κ2) is 5.93. The molecule has 3 nitrogen and oxygen atoms in total. The van der Waals surface area contributed by atoms with Gasteiger partial charge in [-0.05, 0) is 29.3 Å². The first-order valence-corrected chi connectivity index (χ1v) is 7.01. The van der Waals surface area contributed by atoms with Crippen molar-refractivity contribution < 1.29 is 9.18 Å². The standard InChI is InChI=1S/C18H15FN2O/c1-13(22)21-10-9-18(21)15-7-8-17(16(19)11-15)20-12-14-5-3-2-4-6-14/h2-12,18H,1H3/b20-12+. The molecule has 0 spiro atoms. The van der Waals surface area contributed by atoms with E-state index in [1.807, 2.05) is 36.4 Å². The highest BCUT2D eigenvalue weighted by molar-refractivity contribution is 5.82. The lowest BCUT2D eigenvalue weighted by Gasteiger charge is -2.33. The van der Waals surface area contributed by atoms with Crippen molar-refractivity contribution in [3.05, 3.63) is 77.8 Å². The van der Waals surface area contributed by atoms with Gasteiger partial charge in [0.05, 0.1) is 11.7 Å². The third-order valence-corrected chi connectivity index (χ3v) is 3.56. The number of rotatable bonds is 3. The summed E-state index contributed by atoms with van der Waals surface area (Å²) in [6.45, 7) is 1.49. The minimum atomic E-state index is -0.395. The van der Waals surface area contributed by atoms with E-state index in [2.05, 4.69) is 4.99 Å². The van der Waals surface area contributed by atoms with Gasteiger partial charge in [-0.2, -0.15) is 0 Å². The summed E-state index contributed by atoms with van der Waals surface area (Å²) in [7, 11) is 0. The van der Waals surface area contributed by atoms with Crippen LogP contribution < -0.4 is 0 Å². The van der Waals surface area contributed by atoms with Crippen LogP contribution >= 0.6 is 0 Å². The molecule has 1 heterocycles. The summed E-state index contributed by atoms with van der Waals surface area (Å²) < 4.78 is 14.2. The second-order valence-corrected chi connectivity index (χ2v) is 5.09. The van der Waals surface area contributed by atoms with E-state index >= 15 is 0 Å². The number of aliphatic imine (C=N–C) groups is 1. The van der Waals surface area contributed by atoms with E-state index in [9.17, 15) is 9.18 Å². The van der Waals surface area contributed by atoms with Crippen molar-refractivity contribution in [2.24, 2.45) is 4.99 Å². The van der Waals surface area contributed by atoms with Crippen molar-refractivity contribution in [2.75, 3.05) is 0 Å². The quantitative estimate of drug-likeness (QED) is 0.788. The average molecular weight is 294 g/mol. The number of carbonyl (C=O) groups excluding carboxylic acids is 1. The Morgan fingerprint density at radius 3 is 2.59 bits per heavy atom. The molecular weight excluding hydrogens is 279 g/mol. The van der Waals surface area contributed by atoms with Crippen LogP contribution in [0.2, 0.25) is 0 Å². The Balaban J connectivity index is 1.80. The van der Waals surface area contributed by atoms with Gasteiger partial charge in [0.15, 0.2) is 0 Å². The summed E-state index contributed by atoms with van der Waals surface area (Å²) in [5, 5.41) is 0. The molecule has 1 aliphatic rings. The smallest absolute Gasteiger partial charge is 0.224 e. The fraction of sp³-hybridized carbons (Fsp3) is 0.111. The maximum atomic E-state index is 14.2. The Morgan fingerprint density at radius 2 is 2.00 bits per heavy atom. The molecule has 1 unspecified atom stereocenters. The van der Waals surface area contributed by atoms with E-state index in [0.29, 0.717) is 0 Å². The molecule has 1 atom stereocenters. The van der Waals surface area contributed by atoms with Crippen LogP contribution in [0, 0.1) is 5.82 Å². The van der Waals surface area contributed by atoms with Crippen LogP contribution in [-0.2, 0) is 4.79 Å². The van der Waals surface area contributed by atoms with Crippen molar-refractivity contribution in [1.29, 1.82) is 0 Å². The molecule has 22 heavy (non-hydrogen) atoms. The van der Waals surface area contributed by atoms with Crippen LogP contribution in [0.25, 0.3) is 0 Å². The minimum Gasteiger partial charge on any atom is -0.308 e. The molecule has 0 saturated carbocycles. The van der Waals surface area contributed by atoms with Gasteiger partial charge in [-0.1, -0.05) is 36.4 Å². The molecule has 0 aromatic heterocycles. The van der Waals surface area contributed by atoms with Crippen molar-refractivity contribution in [1.82, 2.24) is 4.90 Å². The average Bonchev–Trinajstić information content (AvgIpc) is 2.46. The number of hydrogen-bond donors (Lipinski definition) is 0. The summed E-state index contributed by atoms with van der Waals surface area (Å²) in [4.78, 5) is 17.1. The van der Waals surface area contributed by atoms with Crippen molar-refractivity contribution in [3.8, 4) is 0 Å². The van der Waals surface area contributed by atoms with Crippen molar-refractivity contribution in [3.63, 3.8) is 0 Å². The first-order valence-electron chi connectivity index (χ1n) is 7.01.